The van der Waals surface area contributed by atoms with E-state index < -0.39 is 0 Å². The van der Waals surface area contributed by atoms with Gasteiger partial charge in [0.05, 0.1) is 7.11 Å². The van der Waals surface area contributed by atoms with Gasteiger partial charge in [0.15, 0.2) is 11.6 Å². The zero-order chi connectivity index (χ0) is 15.8. The molecule has 0 spiro atoms. The lowest BCUT2D eigenvalue weighted by molar-refractivity contribution is 0.229. The van der Waals surface area contributed by atoms with Crippen molar-refractivity contribution in [2.75, 3.05) is 47.4 Å². The third-order valence-corrected chi connectivity index (χ3v) is 3.46. The molecule has 0 bridgehead atoms. The van der Waals surface area contributed by atoms with Gasteiger partial charge in [-0.15, -0.1) is 0 Å². The summed E-state index contributed by atoms with van der Waals surface area (Å²) in [6, 6.07) is 4.75. The minimum atomic E-state index is -0.360. The molecule has 2 N–H and O–H groups in total. The van der Waals surface area contributed by atoms with Crippen molar-refractivity contribution in [1.29, 1.82) is 0 Å². The molecule has 21 heavy (non-hydrogen) atoms. The van der Waals surface area contributed by atoms with Gasteiger partial charge in [0.2, 0.25) is 0 Å². The number of hydrogen-bond acceptors (Lipinski definition) is 4. The Hall–Kier alpha value is -1.17. The average Bonchev–Trinajstić information content (AvgIpc) is 2.44. The molecule has 1 unspecified atom stereocenters. The van der Waals surface area contributed by atoms with E-state index in [1.807, 2.05) is 6.07 Å². The average molecular weight is 297 g/mol. The normalized spacial score (nSPS) is 13.0. The summed E-state index contributed by atoms with van der Waals surface area (Å²) in [7, 11) is 5.58. The minimum Gasteiger partial charge on any atom is -0.494 e. The van der Waals surface area contributed by atoms with Crippen molar-refractivity contribution in [3.05, 3.63) is 29.6 Å². The smallest absolute Gasteiger partial charge is 0.165 e. The molecule has 0 aromatic heterocycles. The lowest BCUT2D eigenvalue weighted by Crippen LogP contribution is -2.37. The largest absolute Gasteiger partial charge is 0.494 e. The van der Waals surface area contributed by atoms with Gasteiger partial charge in [-0.3, -0.25) is 0 Å². The Morgan fingerprint density at radius 3 is 2.48 bits per heavy atom. The van der Waals surface area contributed by atoms with Crippen LogP contribution in [0.3, 0.4) is 0 Å². The van der Waals surface area contributed by atoms with Crippen LogP contribution >= 0.6 is 0 Å². The Kier molecular flexibility index (Phi) is 7.64. The molecule has 1 aromatic carbocycles. The molecule has 5 heteroatoms. The summed E-state index contributed by atoms with van der Waals surface area (Å²) in [5.74, 6) is -0.107. The first-order valence-electron chi connectivity index (χ1n) is 7.44. The molecule has 0 saturated carbocycles. The van der Waals surface area contributed by atoms with Crippen LogP contribution in [0, 0.1) is 5.82 Å². The molecule has 0 amide bonds. The summed E-state index contributed by atoms with van der Waals surface area (Å²) >= 11 is 0. The van der Waals surface area contributed by atoms with E-state index in [0.29, 0.717) is 0 Å². The minimum absolute atomic E-state index is 0.195. The van der Waals surface area contributed by atoms with E-state index in [0.717, 1.165) is 38.2 Å². The SMILES string of the molecule is CCCN(CCN(C)C)CC(N)c1ccc(OC)c(F)c1. The van der Waals surface area contributed by atoms with Crippen molar-refractivity contribution in [2.24, 2.45) is 5.73 Å². The van der Waals surface area contributed by atoms with Crippen LogP contribution in [0.1, 0.15) is 24.9 Å². The first kappa shape index (κ1) is 17.9. The van der Waals surface area contributed by atoms with Crippen LogP contribution in [0.15, 0.2) is 18.2 Å². The third-order valence-electron chi connectivity index (χ3n) is 3.46. The van der Waals surface area contributed by atoms with Gasteiger partial charge in [-0.05, 0) is 44.8 Å². The van der Waals surface area contributed by atoms with Crippen LogP contribution in [0.4, 0.5) is 4.39 Å². The van der Waals surface area contributed by atoms with Crippen LogP contribution in [0.5, 0.6) is 5.75 Å². The molecule has 0 saturated heterocycles. The van der Waals surface area contributed by atoms with E-state index in [1.54, 1.807) is 6.07 Å². The second kappa shape index (κ2) is 8.97. The lowest BCUT2D eigenvalue weighted by atomic mass is 10.1. The second-order valence-electron chi connectivity index (χ2n) is 5.60. The molecule has 0 aliphatic rings. The fourth-order valence-electron chi connectivity index (χ4n) is 2.25. The Labute approximate surface area is 127 Å². The number of nitrogens with two attached hydrogens (primary N) is 1. The zero-order valence-electron chi connectivity index (χ0n) is 13.6. The van der Waals surface area contributed by atoms with E-state index >= 15 is 0 Å². The molecule has 0 heterocycles. The van der Waals surface area contributed by atoms with Gasteiger partial charge < -0.3 is 20.3 Å². The van der Waals surface area contributed by atoms with Gasteiger partial charge in [-0.1, -0.05) is 13.0 Å². The Morgan fingerprint density at radius 1 is 1.24 bits per heavy atom. The summed E-state index contributed by atoms with van der Waals surface area (Å²) in [5.41, 5.74) is 7.04. The highest BCUT2D eigenvalue weighted by Crippen LogP contribution is 2.21. The molecule has 1 rings (SSSR count). The van der Waals surface area contributed by atoms with E-state index in [-0.39, 0.29) is 17.6 Å². The summed E-state index contributed by atoms with van der Waals surface area (Å²) in [4.78, 5) is 4.48. The number of methoxy groups -OCH3 is 1. The van der Waals surface area contributed by atoms with Crippen molar-refractivity contribution < 1.29 is 9.13 Å². The van der Waals surface area contributed by atoms with Crippen molar-refractivity contribution >= 4 is 0 Å². The van der Waals surface area contributed by atoms with Crippen LogP contribution in [0.25, 0.3) is 0 Å². The van der Waals surface area contributed by atoms with Gasteiger partial charge in [-0.25, -0.2) is 4.39 Å². The van der Waals surface area contributed by atoms with Gasteiger partial charge >= 0.3 is 0 Å². The van der Waals surface area contributed by atoms with Crippen molar-refractivity contribution in [2.45, 2.75) is 19.4 Å². The predicted octanol–water partition coefficient (Wildman–Crippen LogP) is 2.11. The van der Waals surface area contributed by atoms with Crippen LogP contribution in [-0.4, -0.2) is 57.2 Å². The maximum Gasteiger partial charge on any atom is 0.165 e. The van der Waals surface area contributed by atoms with Gasteiger partial charge in [0.1, 0.15) is 0 Å². The van der Waals surface area contributed by atoms with Gasteiger partial charge in [0.25, 0.3) is 0 Å². The molecule has 4 nitrogen and oxygen atoms in total. The maximum atomic E-state index is 13.7. The van der Waals surface area contributed by atoms with Gasteiger partial charge in [0, 0.05) is 25.7 Å². The van der Waals surface area contributed by atoms with Crippen molar-refractivity contribution in [3.8, 4) is 5.75 Å². The molecule has 1 aromatic rings. The van der Waals surface area contributed by atoms with Crippen molar-refractivity contribution in [3.63, 3.8) is 0 Å². The summed E-state index contributed by atoms with van der Waals surface area (Å²) in [6.45, 7) is 5.84. The zero-order valence-corrected chi connectivity index (χ0v) is 13.6. The Bertz CT molecular complexity index is 426. The molecule has 0 radical (unpaired) electrons. The van der Waals surface area contributed by atoms with E-state index in [9.17, 15) is 4.39 Å². The number of ether oxygens (including phenoxy) is 1. The molecule has 120 valence electrons. The predicted molar refractivity (Wildman–Crippen MR) is 85.2 cm³/mol. The van der Waals surface area contributed by atoms with Gasteiger partial charge in [-0.2, -0.15) is 0 Å². The monoisotopic (exact) mass is 297 g/mol. The number of benzene rings is 1. The van der Waals surface area contributed by atoms with Crippen LogP contribution in [-0.2, 0) is 0 Å². The van der Waals surface area contributed by atoms with E-state index in [2.05, 4.69) is 30.8 Å². The highest BCUT2D eigenvalue weighted by molar-refractivity contribution is 5.31. The van der Waals surface area contributed by atoms with Crippen LogP contribution in [0.2, 0.25) is 0 Å². The molecule has 0 fully saturated rings. The molecule has 0 aliphatic carbocycles. The first-order valence-corrected chi connectivity index (χ1v) is 7.44. The topological polar surface area (TPSA) is 41.7 Å². The number of rotatable bonds is 9. The first-order chi connectivity index (χ1) is 9.97. The number of likely N-dealkylation sites (N-methyl/N-ethyl adjacent to an activating group) is 1. The third kappa shape index (κ3) is 5.99. The maximum absolute atomic E-state index is 13.7. The summed E-state index contributed by atoms with van der Waals surface area (Å²) in [5, 5.41) is 0. The quantitative estimate of drug-likeness (QED) is 0.758. The summed E-state index contributed by atoms with van der Waals surface area (Å²) in [6.07, 6.45) is 1.08. The number of nitrogens with zero attached hydrogens (tertiary/aromatic N) is 2. The lowest BCUT2D eigenvalue weighted by Gasteiger charge is -2.26. The number of hydrogen-bond donors (Lipinski definition) is 1. The fourth-order valence-corrected chi connectivity index (χ4v) is 2.25. The Morgan fingerprint density at radius 2 is 1.95 bits per heavy atom. The summed E-state index contributed by atoms with van der Waals surface area (Å²) < 4.78 is 18.7. The fraction of sp³-hybridized carbons (Fsp3) is 0.625. The molecule has 0 aliphatic heterocycles. The van der Waals surface area contributed by atoms with E-state index in [1.165, 1.54) is 13.2 Å². The molecular weight excluding hydrogens is 269 g/mol. The highest BCUT2D eigenvalue weighted by Gasteiger charge is 2.14. The molecule has 1 atom stereocenters. The van der Waals surface area contributed by atoms with Crippen LogP contribution < -0.4 is 10.5 Å². The van der Waals surface area contributed by atoms with Crippen molar-refractivity contribution in [1.82, 2.24) is 9.80 Å². The Balaban J connectivity index is 2.67. The highest BCUT2D eigenvalue weighted by atomic mass is 19.1. The second-order valence-corrected chi connectivity index (χ2v) is 5.60. The van der Waals surface area contributed by atoms with E-state index in [4.69, 9.17) is 10.5 Å². The standard InChI is InChI=1S/C16H28FN3O/c1-5-8-20(10-9-19(2)3)12-15(18)13-6-7-16(21-4)14(17)11-13/h6-7,11,15H,5,8-10,12,18H2,1-4H3. The number of halogens is 1. The molecular formula is C16H28FN3O.